The number of likely N-dealkylation sites (tertiary alicyclic amines) is 1. The highest BCUT2D eigenvalue weighted by Gasteiger charge is 2.27. The first kappa shape index (κ1) is 28.5. The Hall–Kier alpha value is -4.00. The molecule has 0 aliphatic carbocycles. The van der Waals surface area contributed by atoms with Gasteiger partial charge in [0.25, 0.3) is 5.56 Å². The third-order valence-electron chi connectivity index (χ3n) is 7.03. The highest BCUT2D eigenvalue weighted by molar-refractivity contribution is 5.68. The van der Waals surface area contributed by atoms with Crippen LogP contribution in [-0.4, -0.2) is 91.6 Å². The van der Waals surface area contributed by atoms with Gasteiger partial charge >= 0.3 is 6.09 Å². The first-order valence-corrected chi connectivity index (χ1v) is 14.0. The molecule has 2 aliphatic heterocycles. The van der Waals surface area contributed by atoms with E-state index in [1.165, 1.54) is 10.7 Å². The molecule has 41 heavy (non-hydrogen) atoms. The molecule has 0 bridgehead atoms. The number of nitrogens with zero attached hydrogens (tertiary/aromatic N) is 8. The van der Waals surface area contributed by atoms with E-state index in [0.717, 1.165) is 18.4 Å². The molecule has 2 saturated heterocycles. The molecule has 3 aromatic heterocycles. The molecule has 1 atom stereocenters. The van der Waals surface area contributed by atoms with Gasteiger partial charge in [-0.05, 0) is 45.6 Å². The lowest BCUT2D eigenvalue weighted by molar-refractivity contribution is 0.0164. The van der Waals surface area contributed by atoms with Crippen LogP contribution in [-0.2, 0) is 23.1 Å². The van der Waals surface area contributed by atoms with Crippen molar-refractivity contribution in [3.63, 3.8) is 0 Å². The number of amides is 1. The normalized spacial score (nSPS) is 18.4. The van der Waals surface area contributed by atoms with Crippen molar-refractivity contribution in [2.45, 2.75) is 51.9 Å². The Morgan fingerprint density at radius 3 is 2.54 bits per heavy atom. The van der Waals surface area contributed by atoms with Crippen LogP contribution in [0.4, 0.5) is 10.7 Å². The molecule has 0 saturated carbocycles. The predicted molar refractivity (Wildman–Crippen MR) is 151 cm³/mol. The van der Waals surface area contributed by atoms with Crippen LogP contribution in [0.2, 0.25) is 0 Å². The number of anilines is 1. The van der Waals surface area contributed by atoms with Gasteiger partial charge in [-0.3, -0.25) is 9.48 Å². The van der Waals surface area contributed by atoms with E-state index in [-0.39, 0.29) is 17.8 Å². The van der Waals surface area contributed by atoms with Gasteiger partial charge in [-0.15, -0.1) is 0 Å². The van der Waals surface area contributed by atoms with E-state index in [9.17, 15) is 9.59 Å². The quantitative estimate of drug-likeness (QED) is 0.420. The third-order valence-corrected chi connectivity index (χ3v) is 7.03. The Balaban J connectivity index is 1.11. The van der Waals surface area contributed by atoms with Crippen molar-refractivity contribution in [1.82, 2.24) is 34.4 Å². The van der Waals surface area contributed by atoms with Crippen molar-refractivity contribution in [3.8, 4) is 17.0 Å². The molecule has 1 amide bonds. The van der Waals surface area contributed by atoms with E-state index in [0.29, 0.717) is 69.2 Å². The number of ether oxygens (including phenoxy) is 3. The van der Waals surface area contributed by atoms with Gasteiger partial charge in [-0.25, -0.2) is 19.4 Å². The van der Waals surface area contributed by atoms with Gasteiger partial charge in [-0.2, -0.15) is 10.2 Å². The van der Waals surface area contributed by atoms with Gasteiger partial charge in [0.2, 0.25) is 5.95 Å². The largest absolute Gasteiger partial charge is 0.490 e. The molecule has 0 unspecified atom stereocenters. The van der Waals surface area contributed by atoms with E-state index in [1.54, 1.807) is 34.2 Å². The standard InChI is InChI=1S/C28H38N8O5/c1-28(2,3)41-27(38)34-9-7-20(8-10-34)19-40-22-14-29-26(30-15-22)35-11-12-39-23(17-35)18-36-25(37)6-5-24(32-36)21-13-31-33(4)16-21/h5-6,13-16,20,23H,7-12,17-19H2,1-4H3/t23-/m0/s1. The summed E-state index contributed by atoms with van der Waals surface area (Å²) in [5.74, 6) is 1.54. The Morgan fingerprint density at radius 1 is 1.10 bits per heavy atom. The Kier molecular flexibility index (Phi) is 8.52. The number of aromatic nitrogens is 6. The molecule has 3 aromatic rings. The second-order valence-corrected chi connectivity index (χ2v) is 11.5. The van der Waals surface area contributed by atoms with Crippen molar-refractivity contribution >= 4 is 12.0 Å². The van der Waals surface area contributed by atoms with Crippen LogP contribution in [0.3, 0.4) is 0 Å². The minimum Gasteiger partial charge on any atom is -0.490 e. The molecule has 220 valence electrons. The fourth-order valence-electron chi connectivity index (χ4n) is 4.86. The second kappa shape index (κ2) is 12.2. The van der Waals surface area contributed by atoms with Gasteiger partial charge in [0.15, 0.2) is 5.75 Å². The Morgan fingerprint density at radius 2 is 1.85 bits per heavy atom. The maximum absolute atomic E-state index is 12.5. The molecule has 0 N–H and O–H groups in total. The topological polar surface area (TPSA) is 130 Å². The number of carbonyl (C=O) groups excluding carboxylic acids is 1. The number of hydrogen-bond acceptors (Lipinski definition) is 10. The summed E-state index contributed by atoms with van der Waals surface area (Å²) in [6, 6.07) is 3.22. The van der Waals surface area contributed by atoms with Crippen LogP contribution in [0.5, 0.6) is 5.75 Å². The van der Waals surface area contributed by atoms with Crippen LogP contribution < -0.4 is 15.2 Å². The number of aryl methyl sites for hydroxylation is 1. The summed E-state index contributed by atoms with van der Waals surface area (Å²) in [5.41, 5.74) is 0.841. The van der Waals surface area contributed by atoms with Crippen LogP contribution in [0.15, 0.2) is 41.7 Å². The number of piperidine rings is 1. The van der Waals surface area contributed by atoms with E-state index in [4.69, 9.17) is 14.2 Å². The Labute approximate surface area is 239 Å². The van der Waals surface area contributed by atoms with Crippen LogP contribution in [0, 0.1) is 5.92 Å². The second-order valence-electron chi connectivity index (χ2n) is 11.5. The maximum atomic E-state index is 12.5. The fourth-order valence-corrected chi connectivity index (χ4v) is 4.86. The van der Waals surface area contributed by atoms with Crippen molar-refractivity contribution < 1.29 is 19.0 Å². The fraction of sp³-hybridized carbons (Fsp3) is 0.571. The van der Waals surface area contributed by atoms with E-state index < -0.39 is 5.60 Å². The zero-order valence-electron chi connectivity index (χ0n) is 24.1. The first-order chi connectivity index (χ1) is 19.6. The lowest BCUT2D eigenvalue weighted by Gasteiger charge is -2.33. The van der Waals surface area contributed by atoms with E-state index >= 15 is 0 Å². The minimum atomic E-state index is -0.492. The molecule has 13 heteroatoms. The van der Waals surface area contributed by atoms with Gasteiger partial charge in [0.05, 0.1) is 50.1 Å². The number of carbonyl (C=O) groups is 1. The highest BCUT2D eigenvalue weighted by Crippen LogP contribution is 2.22. The van der Waals surface area contributed by atoms with Gasteiger partial charge in [0.1, 0.15) is 5.60 Å². The molecule has 0 spiro atoms. The molecule has 0 radical (unpaired) electrons. The first-order valence-electron chi connectivity index (χ1n) is 14.0. The number of hydrogen-bond donors (Lipinski definition) is 0. The lowest BCUT2D eigenvalue weighted by Crippen LogP contribution is -2.46. The van der Waals surface area contributed by atoms with Gasteiger partial charge in [0, 0.05) is 51.1 Å². The molecule has 2 fully saturated rings. The summed E-state index contributed by atoms with van der Waals surface area (Å²) in [5, 5.41) is 8.71. The summed E-state index contributed by atoms with van der Waals surface area (Å²) in [6.07, 6.45) is 8.16. The summed E-state index contributed by atoms with van der Waals surface area (Å²) in [6.45, 7) is 9.47. The zero-order chi connectivity index (χ0) is 29.0. The summed E-state index contributed by atoms with van der Waals surface area (Å²) in [4.78, 5) is 37.6. The summed E-state index contributed by atoms with van der Waals surface area (Å²) in [7, 11) is 1.84. The molecule has 5 heterocycles. The van der Waals surface area contributed by atoms with Crippen molar-refractivity contribution in [3.05, 3.63) is 47.3 Å². The average molecular weight is 567 g/mol. The van der Waals surface area contributed by atoms with Crippen LogP contribution in [0.1, 0.15) is 33.6 Å². The molecule has 0 aromatic carbocycles. The lowest BCUT2D eigenvalue weighted by atomic mass is 9.98. The number of morpholine rings is 1. The summed E-state index contributed by atoms with van der Waals surface area (Å²) < 4.78 is 20.5. The molecular formula is C28H38N8O5. The van der Waals surface area contributed by atoms with Crippen molar-refractivity contribution in [1.29, 1.82) is 0 Å². The minimum absolute atomic E-state index is 0.188. The van der Waals surface area contributed by atoms with Crippen LogP contribution >= 0.6 is 0 Å². The SMILES string of the molecule is Cn1cc(-c2ccc(=O)n(C[C@@H]3CN(c4ncc(OCC5CCN(C(=O)OC(C)(C)C)CC5)cn4)CCO3)n2)cn1. The van der Waals surface area contributed by atoms with Crippen molar-refractivity contribution in [2.24, 2.45) is 13.0 Å². The maximum Gasteiger partial charge on any atom is 0.410 e. The van der Waals surface area contributed by atoms with E-state index in [1.807, 2.05) is 38.9 Å². The predicted octanol–water partition coefficient (Wildman–Crippen LogP) is 2.37. The monoisotopic (exact) mass is 566 g/mol. The summed E-state index contributed by atoms with van der Waals surface area (Å²) >= 11 is 0. The van der Waals surface area contributed by atoms with Crippen LogP contribution in [0.25, 0.3) is 11.3 Å². The molecule has 2 aliphatic rings. The van der Waals surface area contributed by atoms with E-state index in [2.05, 4.69) is 20.2 Å². The van der Waals surface area contributed by atoms with Gasteiger partial charge < -0.3 is 24.0 Å². The van der Waals surface area contributed by atoms with Crippen molar-refractivity contribution in [2.75, 3.05) is 44.3 Å². The van der Waals surface area contributed by atoms with Gasteiger partial charge in [-0.1, -0.05) is 0 Å². The average Bonchev–Trinajstić information content (AvgIpc) is 3.39. The highest BCUT2D eigenvalue weighted by atomic mass is 16.6. The molecule has 5 rings (SSSR count). The Bertz CT molecular complexity index is 1380. The smallest absolute Gasteiger partial charge is 0.410 e. The molecular weight excluding hydrogens is 528 g/mol. The number of rotatable bonds is 7. The molecule has 13 nitrogen and oxygen atoms in total. The third kappa shape index (κ3) is 7.60. The zero-order valence-corrected chi connectivity index (χ0v) is 24.1.